The second-order valence-electron chi connectivity index (χ2n) is 4.09. The van der Waals surface area contributed by atoms with Crippen molar-refractivity contribution in [3.05, 3.63) is 52.5 Å². The zero-order chi connectivity index (χ0) is 14.5. The standard InChI is InChI=1S/C15H13ClN2OS/c1-19-14-7-10(5-6-11(14)8-17)9-20-15-12(16)3-2-4-13(15)18/h2-7H,9,18H2,1H3. The minimum absolute atomic E-state index is 0.526. The van der Waals surface area contributed by atoms with Crippen molar-refractivity contribution in [3.8, 4) is 11.8 Å². The van der Waals surface area contributed by atoms with E-state index >= 15 is 0 Å². The van der Waals surface area contributed by atoms with Crippen LogP contribution in [0.3, 0.4) is 0 Å². The Bertz CT molecular complexity index is 647. The molecular weight excluding hydrogens is 292 g/mol. The molecule has 2 rings (SSSR count). The van der Waals surface area contributed by atoms with Crippen molar-refractivity contribution >= 4 is 29.1 Å². The average molecular weight is 305 g/mol. The highest BCUT2D eigenvalue weighted by Gasteiger charge is 2.08. The quantitative estimate of drug-likeness (QED) is 0.682. The van der Waals surface area contributed by atoms with Gasteiger partial charge < -0.3 is 10.5 Å². The monoisotopic (exact) mass is 304 g/mol. The van der Waals surface area contributed by atoms with Gasteiger partial charge in [0, 0.05) is 16.3 Å². The molecule has 0 aliphatic heterocycles. The summed E-state index contributed by atoms with van der Waals surface area (Å²) in [7, 11) is 1.55. The summed E-state index contributed by atoms with van der Waals surface area (Å²) in [5.74, 6) is 1.29. The summed E-state index contributed by atoms with van der Waals surface area (Å²) in [6, 6.07) is 13.1. The highest BCUT2D eigenvalue weighted by molar-refractivity contribution is 7.98. The third-order valence-corrected chi connectivity index (χ3v) is 4.42. The van der Waals surface area contributed by atoms with E-state index in [0.29, 0.717) is 27.8 Å². The smallest absolute Gasteiger partial charge is 0.136 e. The Morgan fingerprint density at radius 3 is 2.80 bits per heavy atom. The van der Waals surface area contributed by atoms with E-state index in [9.17, 15) is 0 Å². The van der Waals surface area contributed by atoms with E-state index in [1.807, 2.05) is 30.3 Å². The number of anilines is 1. The van der Waals surface area contributed by atoms with Gasteiger partial charge in [0.05, 0.1) is 17.7 Å². The molecule has 0 aliphatic carbocycles. The molecule has 0 bridgehead atoms. The molecule has 102 valence electrons. The first kappa shape index (κ1) is 14.6. The molecule has 0 amide bonds. The van der Waals surface area contributed by atoms with Gasteiger partial charge in [-0.3, -0.25) is 0 Å². The summed E-state index contributed by atoms with van der Waals surface area (Å²) in [5, 5.41) is 9.60. The van der Waals surface area contributed by atoms with Gasteiger partial charge in [-0.1, -0.05) is 23.7 Å². The molecule has 2 aromatic carbocycles. The predicted molar refractivity (Wildman–Crippen MR) is 83.1 cm³/mol. The van der Waals surface area contributed by atoms with Gasteiger partial charge in [-0.15, -0.1) is 11.8 Å². The van der Waals surface area contributed by atoms with E-state index in [1.165, 1.54) is 0 Å². The lowest BCUT2D eigenvalue weighted by atomic mass is 10.1. The van der Waals surface area contributed by atoms with Crippen molar-refractivity contribution in [1.29, 1.82) is 5.26 Å². The van der Waals surface area contributed by atoms with Gasteiger partial charge >= 0.3 is 0 Å². The van der Waals surface area contributed by atoms with Gasteiger partial charge in [0.15, 0.2) is 0 Å². The van der Waals surface area contributed by atoms with Gasteiger partial charge in [-0.25, -0.2) is 0 Å². The van der Waals surface area contributed by atoms with Crippen molar-refractivity contribution in [2.45, 2.75) is 10.6 Å². The largest absolute Gasteiger partial charge is 0.495 e. The van der Waals surface area contributed by atoms with Gasteiger partial charge in [-0.2, -0.15) is 5.26 Å². The van der Waals surface area contributed by atoms with Crippen LogP contribution in [0.4, 0.5) is 5.69 Å². The van der Waals surface area contributed by atoms with Gasteiger partial charge in [0.25, 0.3) is 0 Å². The van der Waals surface area contributed by atoms with E-state index in [0.717, 1.165) is 10.5 Å². The molecule has 0 aliphatic rings. The Kier molecular flexibility index (Phi) is 4.78. The third-order valence-electron chi connectivity index (χ3n) is 2.77. The number of nitrogens with two attached hydrogens (primary N) is 1. The molecule has 0 heterocycles. The molecule has 2 N–H and O–H groups in total. The van der Waals surface area contributed by atoms with Crippen molar-refractivity contribution in [2.24, 2.45) is 0 Å². The predicted octanol–water partition coefficient (Wildman–Crippen LogP) is 4.09. The molecule has 0 unspecified atom stereocenters. The minimum Gasteiger partial charge on any atom is -0.495 e. The SMILES string of the molecule is COc1cc(CSc2c(N)cccc2Cl)ccc1C#N. The Hall–Kier alpha value is -1.83. The zero-order valence-electron chi connectivity index (χ0n) is 10.9. The van der Waals surface area contributed by atoms with Gasteiger partial charge in [0.1, 0.15) is 11.8 Å². The van der Waals surface area contributed by atoms with Crippen LogP contribution in [0.1, 0.15) is 11.1 Å². The van der Waals surface area contributed by atoms with E-state index in [2.05, 4.69) is 6.07 Å². The van der Waals surface area contributed by atoms with E-state index in [-0.39, 0.29) is 0 Å². The average Bonchev–Trinajstić information content (AvgIpc) is 2.46. The fourth-order valence-electron chi connectivity index (χ4n) is 1.75. The van der Waals surface area contributed by atoms with Crippen LogP contribution in [-0.4, -0.2) is 7.11 Å². The molecule has 0 fully saturated rings. The molecule has 0 radical (unpaired) electrons. The second kappa shape index (κ2) is 6.56. The molecule has 20 heavy (non-hydrogen) atoms. The fraction of sp³-hybridized carbons (Fsp3) is 0.133. The number of hydrogen-bond acceptors (Lipinski definition) is 4. The van der Waals surface area contributed by atoms with Crippen molar-refractivity contribution in [1.82, 2.24) is 0 Å². The number of rotatable bonds is 4. The van der Waals surface area contributed by atoms with Crippen LogP contribution in [0.15, 0.2) is 41.3 Å². The van der Waals surface area contributed by atoms with Crippen molar-refractivity contribution in [3.63, 3.8) is 0 Å². The third kappa shape index (κ3) is 3.19. The van der Waals surface area contributed by atoms with Crippen LogP contribution >= 0.6 is 23.4 Å². The van der Waals surface area contributed by atoms with Crippen LogP contribution < -0.4 is 10.5 Å². The first-order chi connectivity index (χ1) is 9.65. The van der Waals surface area contributed by atoms with Gasteiger partial charge in [0.2, 0.25) is 0 Å². The molecular formula is C15H13ClN2OS. The second-order valence-corrected chi connectivity index (χ2v) is 5.49. The molecule has 2 aromatic rings. The normalized spacial score (nSPS) is 10.1. The highest BCUT2D eigenvalue weighted by Crippen LogP contribution is 2.35. The first-order valence-corrected chi connectivity index (χ1v) is 7.26. The molecule has 0 saturated carbocycles. The van der Waals surface area contributed by atoms with E-state index in [1.54, 1.807) is 24.9 Å². The molecule has 3 nitrogen and oxygen atoms in total. The Morgan fingerprint density at radius 2 is 2.15 bits per heavy atom. The van der Waals surface area contributed by atoms with Crippen LogP contribution in [0.2, 0.25) is 5.02 Å². The summed E-state index contributed by atoms with van der Waals surface area (Å²) in [6.45, 7) is 0. The molecule has 0 aromatic heterocycles. The summed E-state index contributed by atoms with van der Waals surface area (Å²) >= 11 is 7.70. The topological polar surface area (TPSA) is 59.0 Å². The maximum absolute atomic E-state index is 8.95. The lowest BCUT2D eigenvalue weighted by Gasteiger charge is -2.09. The maximum Gasteiger partial charge on any atom is 0.136 e. The molecule has 0 spiro atoms. The number of benzene rings is 2. The van der Waals surface area contributed by atoms with Crippen molar-refractivity contribution < 1.29 is 4.74 Å². The summed E-state index contributed by atoms with van der Waals surface area (Å²) in [5.41, 5.74) is 8.16. The summed E-state index contributed by atoms with van der Waals surface area (Å²) in [4.78, 5) is 0.873. The van der Waals surface area contributed by atoms with Crippen LogP contribution in [0.5, 0.6) is 5.75 Å². The number of thioether (sulfide) groups is 1. The summed E-state index contributed by atoms with van der Waals surface area (Å²) < 4.78 is 5.19. The first-order valence-electron chi connectivity index (χ1n) is 5.89. The lowest BCUT2D eigenvalue weighted by Crippen LogP contribution is -1.92. The molecule has 0 saturated heterocycles. The number of nitrogen functional groups attached to an aromatic ring is 1. The van der Waals surface area contributed by atoms with Crippen LogP contribution in [0, 0.1) is 11.3 Å². The highest BCUT2D eigenvalue weighted by atomic mass is 35.5. The fourth-order valence-corrected chi connectivity index (χ4v) is 3.03. The zero-order valence-corrected chi connectivity index (χ0v) is 12.5. The number of nitrogens with zero attached hydrogens (tertiary/aromatic N) is 1. The number of hydrogen-bond donors (Lipinski definition) is 1. The van der Waals surface area contributed by atoms with Crippen LogP contribution in [-0.2, 0) is 5.75 Å². The molecule has 0 atom stereocenters. The van der Waals surface area contributed by atoms with Gasteiger partial charge in [-0.05, 0) is 29.8 Å². The van der Waals surface area contributed by atoms with E-state index < -0.39 is 0 Å². The maximum atomic E-state index is 8.95. The lowest BCUT2D eigenvalue weighted by molar-refractivity contribution is 0.413. The number of halogens is 1. The minimum atomic E-state index is 0.526. The summed E-state index contributed by atoms with van der Waals surface area (Å²) in [6.07, 6.45) is 0. The van der Waals surface area contributed by atoms with E-state index in [4.69, 9.17) is 27.3 Å². The number of ether oxygens (including phenoxy) is 1. The van der Waals surface area contributed by atoms with Crippen molar-refractivity contribution in [2.75, 3.05) is 12.8 Å². The Labute approximate surface area is 127 Å². The molecule has 5 heteroatoms. The number of methoxy groups -OCH3 is 1. The Morgan fingerprint density at radius 1 is 1.35 bits per heavy atom. The number of nitriles is 1. The van der Waals surface area contributed by atoms with Crippen LogP contribution in [0.25, 0.3) is 0 Å². The Balaban J connectivity index is 2.18.